The third-order valence-corrected chi connectivity index (χ3v) is 5.45. The first-order valence-electron chi connectivity index (χ1n) is 8.79. The lowest BCUT2D eigenvalue weighted by Crippen LogP contribution is -2.39. The van der Waals surface area contributed by atoms with Crippen LogP contribution in [0.4, 0.5) is 17.6 Å². The number of amides is 1. The molecule has 4 nitrogen and oxygen atoms in total. The van der Waals surface area contributed by atoms with E-state index in [0.717, 1.165) is 34.9 Å². The van der Waals surface area contributed by atoms with Crippen molar-refractivity contribution in [2.45, 2.75) is 30.5 Å². The molecule has 2 rings (SSSR count). The highest BCUT2D eigenvalue weighted by molar-refractivity contribution is 8.03. The van der Waals surface area contributed by atoms with Crippen molar-refractivity contribution in [3.05, 3.63) is 58.3 Å². The smallest absolute Gasteiger partial charge is 0.394 e. The summed E-state index contributed by atoms with van der Waals surface area (Å²) in [6.45, 7) is 0.810. The van der Waals surface area contributed by atoms with Gasteiger partial charge in [-0.05, 0) is 46.7 Å². The number of alkyl halides is 3. The third kappa shape index (κ3) is 6.73. The number of benzene rings is 1. The van der Waals surface area contributed by atoms with Crippen LogP contribution in [0.3, 0.4) is 0 Å². The summed E-state index contributed by atoms with van der Waals surface area (Å²) in [5.74, 6) is -1.13. The molecule has 1 aliphatic carbocycles. The Morgan fingerprint density at radius 3 is 2.59 bits per heavy atom. The molecule has 9 heteroatoms. The molecule has 1 aromatic rings. The van der Waals surface area contributed by atoms with Crippen LogP contribution in [0.15, 0.2) is 52.1 Å². The number of halogens is 4. The predicted octanol–water partition coefficient (Wildman–Crippen LogP) is 4.06. The van der Waals surface area contributed by atoms with E-state index in [1.807, 2.05) is 0 Å². The summed E-state index contributed by atoms with van der Waals surface area (Å²) in [6.07, 6.45) is 0.398. The van der Waals surface area contributed by atoms with Gasteiger partial charge in [-0.1, -0.05) is 24.8 Å². The molecule has 0 saturated heterocycles. The van der Waals surface area contributed by atoms with Gasteiger partial charge in [0.2, 0.25) is 5.91 Å². The van der Waals surface area contributed by atoms with Gasteiger partial charge in [-0.25, -0.2) is 4.39 Å². The second-order valence-corrected chi connectivity index (χ2v) is 7.69. The minimum absolute atomic E-state index is 0.131. The minimum Gasteiger partial charge on any atom is -0.394 e. The molecule has 0 saturated carbocycles. The van der Waals surface area contributed by atoms with Crippen molar-refractivity contribution < 1.29 is 32.6 Å². The first-order chi connectivity index (χ1) is 13.6. The molecule has 0 bridgehead atoms. The normalized spacial score (nSPS) is 17.4. The molecule has 1 atom stereocenters. The second-order valence-electron chi connectivity index (χ2n) is 6.54. The monoisotopic (exact) mass is 431 g/mol. The van der Waals surface area contributed by atoms with Crippen molar-refractivity contribution in [1.29, 1.82) is 0 Å². The molecular weight excluding hydrogens is 410 g/mol. The fourth-order valence-corrected chi connectivity index (χ4v) is 3.63. The molecule has 29 heavy (non-hydrogen) atoms. The van der Waals surface area contributed by atoms with Crippen molar-refractivity contribution >= 4 is 23.7 Å². The van der Waals surface area contributed by atoms with E-state index in [2.05, 4.69) is 5.32 Å². The maximum Gasteiger partial charge on any atom is 0.417 e. The van der Waals surface area contributed by atoms with Crippen molar-refractivity contribution in [3.63, 3.8) is 0 Å². The van der Waals surface area contributed by atoms with E-state index < -0.39 is 36.9 Å². The Hall–Kier alpha value is -2.10. The van der Waals surface area contributed by atoms with Gasteiger partial charge in [-0.15, -0.1) is 0 Å². The van der Waals surface area contributed by atoms with Crippen LogP contribution < -0.4 is 5.32 Å². The molecule has 0 fully saturated rings. The van der Waals surface area contributed by atoms with Crippen LogP contribution in [-0.4, -0.2) is 35.4 Å². The number of allylic oxidation sites excluding steroid dienone is 4. The van der Waals surface area contributed by atoms with Gasteiger partial charge in [0, 0.05) is 17.4 Å². The van der Waals surface area contributed by atoms with Crippen LogP contribution in [0.25, 0.3) is 6.08 Å². The molecule has 1 unspecified atom stereocenters. The summed E-state index contributed by atoms with van der Waals surface area (Å²) in [5, 5.41) is 20.1. The molecule has 158 valence electrons. The standard InChI is InChI=1S/C20H21F4NO3S/c1-12-8-14(21)4-6-18(12)29-16-5-2-13(17(9-16)20(22,23)24)3-7-19(28)25-15(10-26)11-27/h2-7,9,12,15,26-27H,8,10-11H2,1H3,(H,25,28)/b7-3+. The lowest BCUT2D eigenvalue weighted by molar-refractivity contribution is -0.137. The molecule has 0 heterocycles. The highest BCUT2D eigenvalue weighted by Crippen LogP contribution is 2.40. The van der Waals surface area contributed by atoms with Crippen molar-refractivity contribution in [1.82, 2.24) is 5.32 Å². The number of aliphatic hydroxyl groups is 2. The number of carbonyl (C=O) groups excluding carboxylic acids is 1. The minimum atomic E-state index is -4.63. The Morgan fingerprint density at radius 2 is 2.00 bits per heavy atom. The lowest BCUT2D eigenvalue weighted by Gasteiger charge is -2.19. The van der Waals surface area contributed by atoms with Gasteiger partial charge < -0.3 is 15.5 Å². The topological polar surface area (TPSA) is 69.6 Å². The van der Waals surface area contributed by atoms with Crippen molar-refractivity contribution in [2.24, 2.45) is 5.92 Å². The van der Waals surface area contributed by atoms with Crippen LogP contribution in [0, 0.1) is 5.92 Å². The number of thioether (sulfide) groups is 1. The van der Waals surface area contributed by atoms with Crippen LogP contribution in [0.5, 0.6) is 0 Å². The Balaban J connectivity index is 2.24. The van der Waals surface area contributed by atoms with Gasteiger partial charge in [-0.3, -0.25) is 4.79 Å². The maximum atomic E-state index is 13.5. The Morgan fingerprint density at radius 1 is 1.31 bits per heavy atom. The number of carbonyl (C=O) groups is 1. The fraction of sp³-hybridized carbons (Fsp3) is 0.350. The van der Waals surface area contributed by atoms with E-state index in [1.54, 1.807) is 13.0 Å². The molecule has 0 aliphatic heterocycles. The molecule has 1 amide bonds. The SMILES string of the molecule is CC1CC(F)=CC=C1Sc1ccc(/C=C/C(=O)NC(CO)CO)c(C(F)(F)F)c1. The zero-order valence-corrected chi connectivity index (χ0v) is 16.4. The number of nitrogens with one attached hydrogen (secondary N) is 1. The van der Waals surface area contributed by atoms with Crippen LogP contribution in [0.1, 0.15) is 24.5 Å². The van der Waals surface area contributed by atoms with Gasteiger partial charge >= 0.3 is 6.18 Å². The van der Waals surface area contributed by atoms with Gasteiger partial charge in [0.05, 0.1) is 24.8 Å². The van der Waals surface area contributed by atoms with Crippen molar-refractivity contribution in [3.8, 4) is 0 Å². The number of rotatable bonds is 7. The molecule has 0 radical (unpaired) electrons. The second kappa shape index (κ2) is 10.1. The Bertz CT molecular complexity index is 830. The van der Waals surface area contributed by atoms with E-state index in [1.165, 1.54) is 18.2 Å². The Kier molecular flexibility index (Phi) is 8.06. The average molecular weight is 431 g/mol. The zero-order chi connectivity index (χ0) is 21.6. The zero-order valence-electron chi connectivity index (χ0n) is 15.5. The van der Waals surface area contributed by atoms with E-state index in [4.69, 9.17) is 10.2 Å². The third-order valence-electron chi connectivity index (χ3n) is 4.18. The molecule has 3 N–H and O–H groups in total. The van der Waals surface area contributed by atoms with Gasteiger partial charge in [0.15, 0.2) is 0 Å². The fourth-order valence-electron chi connectivity index (χ4n) is 2.62. The summed E-state index contributed by atoms with van der Waals surface area (Å²) >= 11 is 1.14. The summed E-state index contributed by atoms with van der Waals surface area (Å²) in [7, 11) is 0. The van der Waals surface area contributed by atoms with Gasteiger partial charge in [0.1, 0.15) is 5.83 Å². The number of hydrogen-bond donors (Lipinski definition) is 3. The maximum absolute atomic E-state index is 13.5. The quantitative estimate of drug-likeness (QED) is 0.450. The van der Waals surface area contributed by atoms with Crippen LogP contribution in [-0.2, 0) is 11.0 Å². The molecule has 1 aliphatic rings. The van der Waals surface area contributed by atoms with Gasteiger partial charge in [0.25, 0.3) is 0 Å². The van der Waals surface area contributed by atoms with E-state index in [0.29, 0.717) is 4.90 Å². The predicted molar refractivity (Wildman–Crippen MR) is 103 cm³/mol. The first kappa shape index (κ1) is 23.2. The van der Waals surface area contributed by atoms with E-state index in [-0.39, 0.29) is 23.7 Å². The van der Waals surface area contributed by atoms with Crippen LogP contribution >= 0.6 is 11.8 Å². The van der Waals surface area contributed by atoms with E-state index in [9.17, 15) is 22.4 Å². The Labute approximate surface area is 170 Å². The average Bonchev–Trinajstić information content (AvgIpc) is 2.66. The summed E-state index contributed by atoms with van der Waals surface area (Å²) in [4.78, 5) is 12.9. The lowest BCUT2D eigenvalue weighted by atomic mass is 10.0. The highest BCUT2D eigenvalue weighted by Gasteiger charge is 2.33. The molecule has 0 aromatic heterocycles. The summed E-state index contributed by atoms with van der Waals surface area (Å²) < 4.78 is 53.8. The van der Waals surface area contributed by atoms with Crippen LogP contribution in [0.2, 0.25) is 0 Å². The van der Waals surface area contributed by atoms with E-state index >= 15 is 0 Å². The molecule has 0 spiro atoms. The largest absolute Gasteiger partial charge is 0.417 e. The molecular formula is C20H21F4NO3S. The van der Waals surface area contributed by atoms with Crippen molar-refractivity contribution in [2.75, 3.05) is 13.2 Å². The van der Waals surface area contributed by atoms with Gasteiger partial charge in [-0.2, -0.15) is 13.2 Å². The summed E-state index contributed by atoms with van der Waals surface area (Å²) in [5.41, 5.74) is -1.10. The summed E-state index contributed by atoms with van der Waals surface area (Å²) in [6, 6.07) is 2.87. The first-order valence-corrected chi connectivity index (χ1v) is 9.61. The highest BCUT2D eigenvalue weighted by atomic mass is 32.2. The number of hydrogen-bond acceptors (Lipinski definition) is 4. The number of aliphatic hydroxyl groups excluding tert-OH is 2. The molecule has 1 aromatic carbocycles.